The van der Waals surface area contributed by atoms with Crippen LogP contribution in [-0.4, -0.2) is 53.3 Å². The summed E-state index contributed by atoms with van der Waals surface area (Å²) >= 11 is 0. The highest BCUT2D eigenvalue weighted by Gasteiger charge is 2.23. The molecule has 0 radical (unpaired) electrons. The molecular weight excluding hydrogens is 230 g/mol. The average Bonchev–Trinajstić information content (AvgIpc) is 2.76. The van der Waals surface area contributed by atoms with Crippen molar-refractivity contribution in [3.8, 4) is 0 Å². The molecule has 1 heterocycles. The largest absolute Gasteiger partial charge is 0.387 e. The van der Waals surface area contributed by atoms with E-state index in [-0.39, 0.29) is 18.5 Å². The molecule has 0 aliphatic carbocycles. The number of aliphatic hydroxyl groups is 1. The van der Waals surface area contributed by atoms with E-state index in [1.54, 1.807) is 6.92 Å². The maximum absolute atomic E-state index is 11.9. The molecule has 0 aliphatic heterocycles. The fraction of sp³-hybridized carbons (Fsp3) is 0.615. The Morgan fingerprint density at radius 3 is 2.50 bits per heavy atom. The lowest BCUT2D eigenvalue weighted by molar-refractivity contribution is -0.125. The van der Waals surface area contributed by atoms with Gasteiger partial charge in [0, 0.05) is 25.5 Å². The molecule has 18 heavy (non-hydrogen) atoms. The molecule has 2 N–H and O–H groups in total. The van der Waals surface area contributed by atoms with Gasteiger partial charge in [0.25, 0.3) is 0 Å². The van der Waals surface area contributed by atoms with Crippen molar-refractivity contribution < 1.29 is 9.90 Å². The van der Waals surface area contributed by atoms with Gasteiger partial charge in [0.05, 0.1) is 5.60 Å². The molecule has 2 unspecified atom stereocenters. The van der Waals surface area contributed by atoms with Gasteiger partial charge >= 0.3 is 0 Å². The molecule has 1 aromatic rings. The monoisotopic (exact) mass is 253 g/mol. The third kappa shape index (κ3) is 4.50. The number of hydrogen-bond acceptors (Lipinski definition) is 3. The van der Waals surface area contributed by atoms with Crippen molar-refractivity contribution in [2.24, 2.45) is 0 Å². The number of nitrogens with one attached hydrogen (secondary N) is 1. The minimum Gasteiger partial charge on any atom is -0.387 e. The van der Waals surface area contributed by atoms with Crippen molar-refractivity contribution >= 4 is 5.91 Å². The maximum Gasteiger partial charge on any atom is 0.242 e. The Morgan fingerprint density at radius 1 is 1.44 bits per heavy atom. The Balaban J connectivity index is 2.46. The highest BCUT2D eigenvalue weighted by molar-refractivity contribution is 5.79. The summed E-state index contributed by atoms with van der Waals surface area (Å²) in [7, 11) is 3.78. The normalized spacial score (nSPS) is 16.3. The van der Waals surface area contributed by atoms with Gasteiger partial charge in [-0.1, -0.05) is 0 Å². The van der Waals surface area contributed by atoms with Crippen molar-refractivity contribution in [2.45, 2.75) is 25.5 Å². The SMILES string of the molecule is CC(C(=O)NCC(C)(O)CN(C)C)n1cccc1. The number of hydrogen-bond donors (Lipinski definition) is 2. The predicted molar refractivity (Wildman–Crippen MR) is 71.3 cm³/mol. The van der Waals surface area contributed by atoms with Crippen LogP contribution in [0.3, 0.4) is 0 Å². The molecule has 0 fully saturated rings. The van der Waals surface area contributed by atoms with E-state index < -0.39 is 5.60 Å². The van der Waals surface area contributed by atoms with Gasteiger partial charge in [0.15, 0.2) is 0 Å². The van der Waals surface area contributed by atoms with Gasteiger partial charge in [-0.3, -0.25) is 4.79 Å². The van der Waals surface area contributed by atoms with Crippen LogP contribution in [0.25, 0.3) is 0 Å². The van der Waals surface area contributed by atoms with E-state index >= 15 is 0 Å². The van der Waals surface area contributed by atoms with Crippen LogP contribution in [0.1, 0.15) is 19.9 Å². The summed E-state index contributed by atoms with van der Waals surface area (Å²) in [5.41, 5.74) is -0.921. The highest BCUT2D eigenvalue weighted by atomic mass is 16.3. The quantitative estimate of drug-likeness (QED) is 0.775. The fourth-order valence-corrected chi connectivity index (χ4v) is 1.90. The molecule has 1 aromatic heterocycles. The van der Waals surface area contributed by atoms with E-state index in [1.807, 2.05) is 55.0 Å². The van der Waals surface area contributed by atoms with Crippen LogP contribution in [0.15, 0.2) is 24.5 Å². The maximum atomic E-state index is 11.9. The Hall–Kier alpha value is -1.33. The van der Waals surface area contributed by atoms with E-state index in [0.717, 1.165) is 0 Å². The zero-order valence-electron chi connectivity index (χ0n) is 11.6. The third-order valence-corrected chi connectivity index (χ3v) is 2.75. The minimum atomic E-state index is -0.921. The zero-order valence-corrected chi connectivity index (χ0v) is 11.6. The number of likely N-dealkylation sites (N-methyl/N-ethyl adjacent to an activating group) is 1. The van der Waals surface area contributed by atoms with E-state index in [4.69, 9.17) is 0 Å². The Kier molecular flexibility index (Phi) is 4.93. The van der Waals surface area contributed by atoms with Crippen LogP contribution >= 0.6 is 0 Å². The van der Waals surface area contributed by atoms with E-state index in [2.05, 4.69) is 5.32 Å². The lowest BCUT2D eigenvalue weighted by Gasteiger charge is -2.27. The first-order valence-corrected chi connectivity index (χ1v) is 6.09. The molecule has 102 valence electrons. The summed E-state index contributed by atoms with van der Waals surface area (Å²) in [6, 6.07) is 3.49. The summed E-state index contributed by atoms with van der Waals surface area (Å²) in [5.74, 6) is -0.0924. The molecule has 0 saturated carbocycles. The number of carbonyl (C=O) groups is 1. The molecule has 0 bridgehead atoms. The average molecular weight is 253 g/mol. The van der Waals surface area contributed by atoms with Crippen LogP contribution in [-0.2, 0) is 4.79 Å². The molecule has 0 spiro atoms. The molecule has 0 saturated heterocycles. The second-order valence-corrected chi connectivity index (χ2v) is 5.26. The topological polar surface area (TPSA) is 57.5 Å². The van der Waals surface area contributed by atoms with Crippen LogP contribution < -0.4 is 5.32 Å². The van der Waals surface area contributed by atoms with Gasteiger partial charge in [-0.25, -0.2) is 0 Å². The lowest BCUT2D eigenvalue weighted by atomic mass is 10.1. The van der Waals surface area contributed by atoms with Gasteiger partial charge in [0.1, 0.15) is 6.04 Å². The van der Waals surface area contributed by atoms with E-state index in [9.17, 15) is 9.90 Å². The smallest absolute Gasteiger partial charge is 0.242 e. The Morgan fingerprint density at radius 2 is 2.00 bits per heavy atom. The Bertz CT molecular complexity index is 372. The summed E-state index contributed by atoms with van der Waals surface area (Å²) in [4.78, 5) is 13.8. The third-order valence-electron chi connectivity index (χ3n) is 2.75. The number of carbonyl (C=O) groups excluding carboxylic acids is 1. The molecule has 0 aliphatic rings. The van der Waals surface area contributed by atoms with Crippen LogP contribution in [0.4, 0.5) is 0 Å². The Labute approximate surface area is 108 Å². The van der Waals surface area contributed by atoms with Gasteiger partial charge in [-0.05, 0) is 40.1 Å². The summed E-state index contributed by atoms with van der Waals surface area (Å²) in [5, 5.41) is 12.9. The molecule has 0 aromatic carbocycles. The van der Waals surface area contributed by atoms with Gasteiger partial charge in [-0.15, -0.1) is 0 Å². The molecule has 1 rings (SSSR count). The van der Waals surface area contributed by atoms with Gasteiger partial charge in [0.2, 0.25) is 5.91 Å². The first-order valence-electron chi connectivity index (χ1n) is 6.09. The molecular formula is C13H23N3O2. The van der Waals surface area contributed by atoms with E-state index in [1.165, 1.54) is 0 Å². The first kappa shape index (κ1) is 14.7. The molecule has 1 amide bonds. The molecule has 5 heteroatoms. The molecule has 2 atom stereocenters. The number of rotatable bonds is 6. The van der Waals surface area contributed by atoms with Gasteiger partial charge < -0.3 is 19.9 Å². The van der Waals surface area contributed by atoms with Crippen molar-refractivity contribution in [3.63, 3.8) is 0 Å². The highest BCUT2D eigenvalue weighted by Crippen LogP contribution is 2.07. The van der Waals surface area contributed by atoms with E-state index in [0.29, 0.717) is 6.54 Å². The van der Waals surface area contributed by atoms with Crippen molar-refractivity contribution in [2.75, 3.05) is 27.2 Å². The van der Waals surface area contributed by atoms with Crippen LogP contribution in [0, 0.1) is 0 Å². The first-order chi connectivity index (χ1) is 8.32. The van der Waals surface area contributed by atoms with Crippen LogP contribution in [0.5, 0.6) is 0 Å². The summed E-state index contributed by atoms with van der Waals surface area (Å²) in [6.45, 7) is 4.30. The minimum absolute atomic E-state index is 0.0924. The fourth-order valence-electron chi connectivity index (χ4n) is 1.90. The predicted octanol–water partition coefficient (Wildman–Crippen LogP) is 0.478. The second-order valence-electron chi connectivity index (χ2n) is 5.26. The summed E-state index contributed by atoms with van der Waals surface area (Å²) < 4.78 is 1.83. The van der Waals surface area contributed by atoms with Gasteiger partial charge in [-0.2, -0.15) is 0 Å². The standard InChI is InChI=1S/C13H23N3O2/c1-11(16-7-5-6-8-16)12(17)14-9-13(2,18)10-15(3)4/h5-8,11,18H,9-10H2,1-4H3,(H,14,17). The van der Waals surface area contributed by atoms with Crippen molar-refractivity contribution in [3.05, 3.63) is 24.5 Å². The van der Waals surface area contributed by atoms with Crippen LogP contribution in [0.2, 0.25) is 0 Å². The number of nitrogens with zero attached hydrogens (tertiary/aromatic N) is 2. The second kappa shape index (κ2) is 6.02. The van der Waals surface area contributed by atoms with Crippen molar-refractivity contribution in [1.82, 2.24) is 14.8 Å². The lowest BCUT2D eigenvalue weighted by Crippen LogP contribution is -2.48. The molecule has 5 nitrogen and oxygen atoms in total. The summed E-state index contributed by atoms with van der Waals surface area (Å²) in [6.07, 6.45) is 3.70. The number of aromatic nitrogens is 1. The number of amides is 1. The zero-order chi connectivity index (χ0) is 13.8. The van der Waals surface area contributed by atoms with Crippen molar-refractivity contribution in [1.29, 1.82) is 0 Å².